The van der Waals surface area contributed by atoms with Crippen LogP contribution in [0.5, 0.6) is 11.5 Å². The van der Waals surface area contributed by atoms with E-state index in [-0.39, 0.29) is 28.3 Å². The van der Waals surface area contributed by atoms with Crippen molar-refractivity contribution in [3.8, 4) is 28.9 Å². The summed E-state index contributed by atoms with van der Waals surface area (Å²) in [5, 5.41) is 23.8. The standard InChI is InChI=1S/C22H16ClN3O6/c1-30-15-4-6-17(19(11-15)26(28)29)20-8-5-16(32-20)9-13(12-24)22(27)25-18-10-14(23)3-7-21(18)31-2/h3-11H,1-2H3,(H,25,27)/b13-9+. The molecule has 0 spiro atoms. The Balaban J connectivity index is 1.89. The SMILES string of the molecule is COc1ccc(-c2ccc(/C=C(\C#N)C(=O)Nc3cc(Cl)ccc3OC)o2)c([N+](=O)[O-])c1. The number of amides is 1. The second kappa shape index (κ2) is 9.68. The van der Waals surface area contributed by atoms with Crippen LogP contribution >= 0.6 is 11.6 Å². The van der Waals surface area contributed by atoms with E-state index >= 15 is 0 Å². The molecule has 0 fully saturated rings. The van der Waals surface area contributed by atoms with Crippen LogP contribution in [-0.2, 0) is 4.79 Å². The van der Waals surface area contributed by atoms with E-state index in [0.717, 1.165) is 0 Å². The second-order valence-corrected chi connectivity index (χ2v) is 6.75. The number of carbonyl (C=O) groups is 1. The lowest BCUT2D eigenvalue weighted by molar-refractivity contribution is -0.384. The van der Waals surface area contributed by atoms with Crippen molar-refractivity contribution in [1.82, 2.24) is 0 Å². The van der Waals surface area contributed by atoms with Gasteiger partial charge in [0, 0.05) is 11.1 Å². The Kier molecular flexibility index (Phi) is 6.77. The highest BCUT2D eigenvalue weighted by atomic mass is 35.5. The molecule has 0 radical (unpaired) electrons. The molecule has 0 saturated carbocycles. The van der Waals surface area contributed by atoms with Crippen molar-refractivity contribution in [3.63, 3.8) is 0 Å². The number of nitrogens with zero attached hydrogens (tertiary/aromatic N) is 2. The highest BCUT2D eigenvalue weighted by molar-refractivity contribution is 6.31. The number of furan rings is 1. The quantitative estimate of drug-likeness (QED) is 0.229. The van der Waals surface area contributed by atoms with E-state index in [4.69, 9.17) is 25.5 Å². The molecule has 0 bridgehead atoms. The van der Waals surface area contributed by atoms with Crippen molar-refractivity contribution in [1.29, 1.82) is 5.26 Å². The topological polar surface area (TPSA) is 128 Å². The maximum Gasteiger partial charge on any atom is 0.284 e. The summed E-state index contributed by atoms with van der Waals surface area (Å²) in [6.07, 6.45) is 1.23. The minimum atomic E-state index is -0.707. The summed E-state index contributed by atoms with van der Waals surface area (Å²) in [5.74, 6) is 0.343. The maximum absolute atomic E-state index is 12.6. The second-order valence-electron chi connectivity index (χ2n) is 6.31. The first kappa shape index (κ1) is 22.4. The molecule has 1 aromatic heterocycles. The fourth-order valence-corrected chi connectivity index (χ4v) is 3.00. The van der Waals surface area contributed by atoms with Crippen LogP contribution in [0.1, 0.15) is 5.76 Å². The fourth-order valence-electron chi connectivity index (χ4n) is 2.83. The Morgan fingerprint density at radius 2 is 1.97 bits per heavy atom. The number of hydrogen-bond donors (Lipinski definition) is 1. The van der Waals surface area contributed by atoms with Gasteiger partial charge in [-0.15, -0.1) is 0 Å². The molecule has 0 aliphatic carbocycles. The minimum Gasteiger partial charge on any atom is -0.497 e. The van der Waals surface area contributed by atoms with Gasteiger partial charge in [-0.3, -0.25) is 14.9 Å². The predicted octanol–water partition coefficient (Wildman–Crippen LogP) is 5.07. The number of benzene rings is 2. The number of nitriles is 1. The Morgan fingerprint density at radius 1 is 1.19 bits per heavy atom. The van der Waals surface area contributed by atoms with E-state index in [2.05, 4.69) is 5.32 Å². The molecule has 0 aliphatic heterocycles. The molecule has 162 valence electrons. The molecule has 3 aromatic rings. The van der Waals surface area contributed by atoms with Gasteiger partial charge in [0.2, 0.25) is 0 Å². The molecule has 9 nitrogen and oxygen atoms in total. The Morgan fingerprint density at radius 3 is 2.62 bits per heavy atom. The van der Waals surface area contributed by atoms with E-state index in [1.54, 1.807) is 24.3 Å². The van der Waals surface area contributed by atoms with Gasteiger partial charge < -0.3 is 19.2 Å². The van der Waals surface area contributed by atoms with Gasteiger partial charge in [-0.05, 0) is 42.5 Å². The highest BCUT2D eigenvalue weighted by Crippen LogP contribution is 2.34. The zero-order valence-corrected chi connectivity index (χ0v) is 17.7. The summed E-state index contributed by atoms with van der Waals surface area (Å²) in [6, 6.07) is 13.8. The van der Waals surface area contributed by atoms with Crippen molar-refractivity contribution in [2.75, 3.05) is 19.5 Å². The third kappa shape index (κ3) is 4.88. The molecule has 1 N–H and O–H groups in total. The number of carbonyl (C=O) groups excluding carboxylic acids is 1. The fraction of sp³-hybridized carbons (Fsp3) is 0.0909. The van der Waals surface area contributed by atoms with Gasteiger partial charge in [0.1, 0.15) is 34.7 Å². The van der Waals surface area contributed by atoms with Crippen molar-refractivity contribution < 1.29 is 23.6 Å². The van der Waals surface area contributed by atoms with Crippen molar-refractivity contribution in [2.45, 2.75) is 0 Å². The average molecular weight is 454 g/mol. The van der Waals surface area contributed by atoms with Crippen LogP contribution < -0.4 is 14.8 Å². The number of rotatable bonds is 7. The molecule has 3 rings (SSSR count). The van der Waals surface area contributed by atoms with Crippen LogP contribution in [0.4, 0.5) is 11.4 Å². The first-order valence-electron chi connectivity index (χ1n) is 9.05. The summed E-state index contributed by atoms with van der Waals surface area (Å²) in [7, 11) is 2.84. The molecule has 1 amide bonds. The van der Waals surface area contributed by atoms with Gasteiger partial charge in [0.05, 0.1) is 36.5 Å². The Hall–Kier alpha value is -4.29. The highest BCUT2D eigenvalue weighted by Gasteiger charge is 2.20. The van der Waals surface area contributed by atoms with E-state index in [1.807, 2.05) is 0 Å². The maximum atomic E-state index is 12.6. The smallest absolute Gasteiger partial charge is 0.284 e. The third-order valence-electron chi connectivity index (χ3n) is 4.36. The normalized spacial score (nSPS) is 10.9. The van der Waals surface area contributed by atoms with Gasteiger partial charge >= 0.3 is 0 Å². The summed E-state index contributed by atoms with van der Waals surface area (Å²) < 4.78 is 15.8. The third-order valence-corrected chi connectivity index (χ3v) is 4.59. The van der Waals surface area contributed by atoms with Crippen molar-refractivity contribution >= 4 is 35.0 Å². The largest absolute Gasteiger partial charge is 0.497 e. The molecule has 2 aromatic carbocycles. The number of hydrogen-bond acceptors (Lipinski definition) is 7. The van der Waals surface area contributed by atoms with Gasteiger partial charge in [-0.2, -0.15) is 5.26 Å². The van der Waals surface area contributed by atoms with Crippen LogP contribution in [0.25, 0.3) is 17.4 Å². The number of ether oxygens (including phenoxy) is 2. The molecule has 32 heavy (non-hydrogen) atoms. The molecule has 0 saturated heterocycles. The number of methoxy groups -OCH3 is 2. The van der Waals surface area contributed by atoms with Crippen LogP contribution in [0, 0.1) is 21.4 Å². The molecular formula is C22H16ClN3O6. The Bertz CT molecular complexity index is 1260. The number of nitrogens with one attached hydrogen (secondary N) is 1. The van der Waals surface area contributed by atoms with E-state index in [1.165, 1.54) is 50.6 Å². The number of nitro groups is 1. The first-order chi connectivity index (χ1) is 15.4. The number of nitro benzene ring substituents is 1. The number of halogens is 1. The van der Waals surface area contributed by atoms with Crippen LogP contribution in [0.15, 0.2) is 58.5 Å². The lowest BCUT2D eigenvalue weighted by atomic mass is 10.1. The van der Waals surface area contributed by atoms with Crippen LogP contribution in [-0.4, -0.2) is 25.1 Å². The van der Waals surface area contributed by atoms with Crippen molar-refractivity contribution in [2.24, 2.45) is 0 Å². The number of anilines is 1. The van der Waals surface area contributed by atoms with Gasteiger partial charge in [0.15, 0.2) is 0 Å². The molecular weight excluding hydrogens is 438 g/mol. The van der Waals surface area contributed by atoms with E-state index in [9.17, 15) is 20.2 Å². The molecule has 1 heterocycles. The van der Waals surface area contributed by atoms with Gasteiger partial charge in [-0.25, -0.2) is 0 Å². The first-order valence-corrected chi connectivity index (χ1v) is 9.43. The van der Waals surface area contributed by atoms with Gasteiger partial charge in [0.25, 0.3) is 11.6 Å². The van der Waals surface area contributed by atoms with Crippen LogP contribution in [0.3, 0.4) is 0 Å². The Labute approximate surface area is 187 Å². The molecule has 10 heteroatoms. The van der Waals surface area contributed by atoms with E-state index < -0.39 is 10.8 Å². The zero-order chi connectivity index (χ0) is 23.3. The summed E-state index contributed by atoms with van der Waals surface area (Å²) >= 11 is 5.96. The lowest BCUT2D eigenvalue weighted by Crippen LogP contribution is -2.14. The van der Waals surface area contributed by atoms with Crippen molar-refractivity contribution in [3.05, 3.63) is 75.0 Å². The summed E-state index contributed by atoms with van der Waals surface area (Å²) in [6.45, 7) is 0. The average Bonchev–Trinajstić information content (AvgIpc) is 3.25. The summed E-state index contributed by atoms with van der Waals surface area (Å²) in [5.41, 5.74) is 0.0555. The summed E-state index contributed by atoms with van der Waals surface area (Å²) in [4.78, 5) is 23.4. The van der Waals surface area contributed by atoms with Gasteiger partial charge in [-0.1, -0.05) is 11.6 Å². The molecule has 0 unspecified atom stereocenters. The van der Waals surface area contributed by atoms with E-state index in [0.29, 0.717) is 22.2 Å². The molecule has 0 aliphatic rings. The zero-order valence-electron chi connectivity index (χ0n) is 16.9. The predicted molar refractivity (Wildman–Crippen MR) is 118 cm³/mol. The monoisotopic (exact) mass is 453 g/mol. The van der Waals surface area contributed by atoms with Crippen LogP contribution in [0.2, 0.25) is 5.02 Å². The minimum absolute atomic E-state index is 0.162. The molecule has 0 atom stereocenters. The lowest BCUT2D eigenvalue weighted by Gasteiger charge is -2.09.